The highest BCUT2D eigenvalue weighted by Gasteiger charge is 2.47. The van der Waals surface area contributed by atoms with Crippen molar-refractivity contribution in [2.45, 2.75) is 76.7 Å². The number of fused-ring (bicyclic) bond motifs is 1. The Morgan fingerprint density at radius 3 is 2.37 bits per heavy atom. The van der Waals surface area contributed by atoms with Gasteiger partial charge in [-0.05, 0) is 69.7 Å². The van der Waals surface area contributed by atoms with Gasteiger partial charge in [0.1, 0.15) is 22.9 Å². The van der Waals surface area contributed by atoms with Gasteiger partial charge < -0.3 is 19.4 Å². The number of amides is 2. The second-order valence-electron chi connectivity index (χ2n) is 12.6. The Kier molecular flexibility index (Phi) is 8.64. The molecular formula is C30H27F6N9O4. The summed E-state index contributed by atoms with van der Waals surface area (Å²) in [5.41, 5.74) is -3.78. The molecule has 3 heterocycles. The summed E-state index contributed by atoms with van der Waals surface area (Å²) in [5, 5.41) is 28.8. The van der Waals surface area contributed by atoms with Gasteiger partial charge in [-0.3, -0.25) is 4.79 Å². The summed E-state index contributed by atoms with van der Waals surface area (Å²) in [6.45, 7) is 7.10. The van der Waals surface area contributed by atoms with E-state index in [-0.39, 0.29) is 17.1 Å². The van der Waals surface area contributed by atoms with Gasteiger partial charge in [-0.1, -0.05) is 12.1 Å². The highest BCUT2D eigenvalue weighted by atomic mass is 19.4. The van der Waals surface area contributed by atoms with Crippen molar-refractivity contribution in [3.8, 4) is 23.2 Å². The molecule has 0 radical (unpaired) electrons. The van der Waals surface area contributed by atoms with Gasteiger partial charge >= 0.3 is 12.3 Å². The van der Waals surface area contributed by atoms with Gasteiger partial charge in [0.15, 0.2) is 0 Å². The molecular weight excluding hydrogens is 664 g/mol. The van der Waals surface area contributed by atoms with Crippen LogP contribution in [0.15, 0.2) is 40.8 Å². The molecule has 258 valence electrons. The van der Waals surface area contributed by atoms with Gasteiger partial charge in [0, 0.05) is 12.0 Å². The highest BCUT2D eigenvalue weighted by Crippen LogP contribution is 2.45. The average Bonchev–Trinajstić information content (AvgIpc) is 3.69. The largest absolute Gasteiger partial charge is 0.455 e. The van der Waals surface area contributed by atoms with Crippen LogP contribution in [0.2, 0.25) is 0 Å². The molecule has 5 rings (SSSR count). The summed E-state index contributed by atoms with van der Waals surface area (Å²) in [5.74, 6) is -8.19. The molecule has 2 aromatic carbocycles. The summed E-state index contributed by atoms with van der Waals surface area (Å²) < 4.78 is 96.9. The van der Waals surface area contributed by atoms with Gasteiger partial charge in [0.2, 0.25) is 11.8 Å². The summed E-state index contributed by atoms with van der Waals surface area (Å²) in [4.78, 5) is 28.1. The Bertz CT molecular complexity index is 1940. The van der Waals surface area contributed by atoms with Crippen LogP contribution in [0, 0.1) is 17.1 Å². The molecule has 0 saturated carbocycles. The third-order valence-electron chi connectivity index (χ3n) is 7.13. The van der Waals surface area contributed by atoms with Crippen LogP contribution in [-0.2, 0) is 33.6 Å². The lowest BCUT2D eigenvalue weighted by atomic mass is 9.96. The first-order valence-corrected chi connectivity index (χ1v) is 14.4. The van der Waals surface area contributed by atoms with Gasteiger partial charge in [-0.25, -0.2) is 18.0 Å². The molecule has 0 saturated heterocycles. The fourth-order valence-electron chi connectivity index (χ4n) is 4.72. The van der Waals surface area contributed by atoms with E-state index in [9.17, 15) is 28.0 Å². The first-order chi connectivity index (χ1) is 22.7. The number of carbonyl (C=O) groups is 2. The van der Waals surface area contributed by atoms with E-state index in [1.807, 2.05) is 6.07 Å². The van der Waals surface area contributed by atoms with Crippen molar-refractivity contribution in [1.82, 2.24) is 35.7 Å². The van der Waals surface area contributed by atoms with Crippen LogP contribution < -0.4 is 10.2 Å². The van der Waals surface area contributed by atoms with Crippen molar-refractivity contribution in [2.24, 2.45) is 0 Å². The zero-order valence-corrected chi connectivity index (χ0v) is 26.4. The zero-order chi connectivity index (χ0) is 36.1. The molecule has 1 aliphatic rings. The minimum Gasteiger partial charge on any atom is -0.444 e. The lowest BCUT2D eigenvalue weighted by Crippen LogP contribution is -2.49. The number of tetrazole rings is 1. The molecule has 2 aromatic heterocycles. The number of aromatic nitrogens is 6. The number of alkyl halides is 5. The predicted molar refractivity (Wildman–Crippen MR) is 155 cm³/mol. The Labute approximate surface area is 273 Å². The molecule has 4 aromatic rings. The Hall–Kier alpha value is -5.54. The number of alkyl carbamates (subject to hydrolysis) is 1. The number of nitriles is 1. The van der Waals surface area contributed by atoms with E-state index in [4.69, 9.17) is 9.15 Å². The fourth-order valence-corrected chi connectivity index (χ4v) is 4.72. The van der Waals surface area contributed by atoms with Crippen LogP contribution in [0.5, 0.6) is 0 Å². The number of ether oxygens (including phenoxy) is 1. The number of carbonyl (C=O) groups excluding carboxylic acids is 2. The molecule has 0 unspecified atom stereocenters. The normalized spacial score (nSPS) is 16.5. The maximum Gasteiger partial charge on any atom is 0.455 e. The van der Waals surface area contributed by atoms with Crippen LogP contribution in [0.1, 0.15) is 63.9 Å². The molecule has 19 heteroatoms. The molecule has 0 spiro atoms. The number of anilines is 1. The van der Waals surface area contributed by atoms with Gasteiger partial charge in [0.25, 0.3) is 17.6 Å². The maximum atomic E-state index is 15.9. The van der Waals surface area contributed by atoms with Gasteiger partial charge in [-0.2, -0.15) is 18.4 Å². The van der Waals surface area contributed by atoms with Crippen molar-refractivity contribution < 1.29 is 45.1 Å². The number of nitrogens with one attached hydrogen (secondary N) is 1. The van der Waals surface area contributed by atoms with Crippen molar-refractivity contribution >= 4 is 17.7 Å². The van der Waals surface area contributed by atoms with E-state index in [0.29, 0.717) is 10.9 Å². The third-order valence-corrected chi connectivity index (χ3v) is 7.13. The number of nitrogens with zero attached hydrogens (tertiary/aromatic N) is 8. The van der Waals surface area contributed by atoms with Gasteiger partial charge in [0.05, 0.1) is 29.6 Å². The van der Waals surface area contributed by atoms with Crippen LogP contribution in [0.4, 0.5) is 36.8 Å². The number of hydrogen-bond acceptors (Lipinski definition) is 10. The lowest BCUT2D eigenvalue weighted by Gasteiger charge is -2.27. The summed E-state index contributed by atoms with van der Waals surface area (Å²) in [7, 11) is 0. The van der Waals surface area contributed by atoms with Gasteiger partial charge in [-0.15, -0.1) is 25.2 Å². The van der Waals surface area contributed by atoms with E-state index in [2.05, 4.69) is 30.9 Å². The van der Waals surface area contributed by atoms with Crippen LogP contribution in [-0.4, -0.2) is 54.0 Å². The molecule has 2 amide bonds. The SMILES string of the molecule is CC(C)(C)OC(=O)N[C@H]1CC(F)(F)c2cc(F)c(-c3nnc(C(C)(C)C#N)o3)cc2N(Cc2ccc(-n3nnc(C(F)(F)F)n3)cc2)C1=O. The molecule has 1 aliphatic heterocycles. The Balaban J connectivity index is 1.58. The van der Waals surface area contributed by atoms with Crippen LogP contribution >= 0.6 is 0 Å². The number of benzene rings is 2. The molecule has 49 heavy (non-hydrogen) atoms. The molecule has 1 N–H and O–H groups in total. The maximum absolute atomic E-state index is 15.9. The first kappa shape index (κ1) is 34.8. The van der Waals surface area contributed by atoms with Crippen molar-refractivity contribution in [1.29, 1.82) is 5.26 Å². The van der Waals surface area contributed by atoms with E-state index in [0.717, 1.165) is 11.0 Å². The van der Waals surface area contributed by atoms with Crippen molar-refractivity contribution in [3.63, 3.8) is 0 Å². The van der Waals surface area contributed by atoms with E-state index in [1.165, 1.54) is 58.9 Å². The second-order valence-corrected chi connectivity index (χ2v) is 12.6. The molecule has 0 bridgehead atoms. The topological polar surface area (TPSA) is 165 Å². The van der Waals surface area contributed by atoms with Crippen LogP contribution in [0.25, 0.3) is 17.1 Å². The van der Waals surface area contributed by atoms with Crippen molar-refractivity contribution in [3.05, 3.63) is 65.1 Å². The minimum atomic E-state index is -4.84. The number of hydrogen-bond donors (Lipinski definition) is 1. The number of rotatable bonds is 6. The van der Waals surface area contributed by atoms with E-state index < -0.39 is 88.5 Å². The quantitative estimate of drug-likeness (QED) is 0.252. The molecule has 13 nitrogen and oxygen atoms in total. The predicted octanol–water partition coefficient (Wildman–Crippen LogP) is 5.59. The second kappa shape index (κ2) is 12.2. The Morgan fingerprint density at radius 1 is 1.10 bits per heavy atom. The Morgan fingerprint density at radius 2 is 1.78 bits per heavy atom. The summed E-state index contributed by atoms with van der Waals surface area (Å²) in [6, 6.07) is 6.90. The average molecular weight is 692 g/mol. The number of halogens is 6. The monoisotopic (exact) mass is 691 g/mol. The van der Waals surface area contributed by atoms with E-state index in [1.54, 1.807) is 0 Å². The minimum absolute atomic E-state index is 0.0576. The lowest BCUT2D eigenvalue weighted by molar-refractivity contribution is -0.145. The molecule has 0 aliphatic carbocycles. The first-order valence-electron chi connectivity index (χ1n) is 14.4. The third kappa shape index (κ3) is 7.32. The van der Waals surface area contributed by atoms with E-state index >= 15 is 13.2 Å². The van der Waals surface area contributed by atoms with Crippen LogP contribution in [0.3, 0.4) is 0 Å². The summed E-state index contributed by atoms with van der Waals surface area (Å²) in [6.07, 6.45) is -7.24. The zero-order valence-electron chi connectivity index (χ0n) is 26.4. The molecule has 0 fully saturated rings. The molecule has 1 atom stereocenters. The van der Waals surface area contributed by atoms with Crippen molar-refractivity contribution in [2.75, 3.05) is 4.90 Å². The smallest absolute Gasteiger partial charge is 0.444 e. The fraction of sp³-hybridized carbons (Fsp3) is 0.400. The standard InChI is InChI=1S/C30H27F6N9O4/c1-27(2,3)49-26(47)38-20-12-29(32,33)18-11-19(31)17(22-39-41-25(48-22)28(4,5)14-37)10-21(18)44(23(20)46)13-15-6-8-16(9-7-15)45-42-24(40-43-45)30(34,35)36/h6-11,20H,12-13H2,1-5H3,(H,38,47)/t20-/m0/s1. The highest BCUT2D eigenvalue weighted by molar-refractivity contribution is 6.00. The summed E-state index contributed by atoms with van der Waals surface area (Å²) >= 11 is 0.